The summed E-state index contributed by atoms with van der Waals surface area (Å²) in [6, 6.07) is -0.220. The molecule has 16 heavy (non-hydrogen) atoms. The maximum absolute atomic E-state index is 11.9. The molecule has 5 nitrogen and oxygen atoms in total. The second-order valence-electron chi connectivity index (χ2n) is 4.57. The number of rotatable bonds is 5. The average Bonchev–Trinajstić information content (AvgIpc) is 2.68. The van der Waals surface area contributed by atoms with E-state index in [9.17, 15) is 8.42 Å². The second kappa shape index (κ2) is 5.44. The first-order valence-corrected chi connectivity index (χ1v) is 7.15. The van der Waals surface area contributed by atoms with E-state index in [0.717, 1.165) is 19.4 Å². The molecule has 96 valence electrons. The molecule has 2 atom stereocenters. The predicted octanol–water partition coefficient (Wildman–Crippen LogP) is 0.729. The Morgan fingerprint density at radius 1 is 1.38 bits per heavy atom. The molecule has 0 aromatic rings. The van der Waals surface area contributed by atoms with E-state index in [0.29, 0.717) is 0 Å². The Morgan fingerprint density at radius 3 is 2.44 bits per heavy atom. The number of nitrogens with zero attached hydrogens (tertiary/aromatic N) is 1. The highest BCUT2D eigenvalue weighted by Gasteiger charge is 2.28. The first-order chi connectivity index (χ1) is 7.34. The van der Waals surface area contributed by atoms with Crippen molar-refractivity contribution in [2.75, 3.05) is 13.7 Å². The molecule has 1 fully saturated rings. The molecule has 0 bridgehead atoms. The standard InChI is InChI=1S/C10H22N2O3S/c1-8(2)12(4)16(13,14)11-9(3)10-6-5-7-15-10/h8-11H,5-7H2,1-4H3/t9-,10+/m0/s1. The van der Waals surface area contributed by atoms with E-state index in [-0.39, 0.29) is 18.2 Å². The van der Waals surface area contributed by atoms with Crippen molar-refractivity contribution in [2.45, 2.75) is 51.8 Å². The Balaban J connectivity index is 2.58. The van der Waals surface area contributed by atoms with Crippen LogP contribution in [-0.2, 0) is 14.9 Å². The Morgan fingerprint density at radius 2 is 2.00 bits per heavy atom. The van der Waals surface area contributed by atoms with Crippen LogP contribution in [0.4, 0.5) is 0 Å². The van der Waals surface area contributed by atoms with Crippen molar-refractivity contribution in [1.29, 1.82) is 0 Å². The number of hydrogen-bond acceptors (Lipinski definition) is 3. The maximum atomic E-state index is 11.9. The minimum atomic E-state index is -3.39. The van der Waals surface area contributed by atoms with Crippen LogP contribution in [0.2, 0.25) is 0 Å². The number of nitrogens with one attached hydrogen (secondary N) is 1. The van der Waals surface area contributed by atoms with Gasteiger partial charge in [0.25, 0.3) is 10.2 Å². The molecule has 1 heterocycles. The van der Waals surface area contributed by atoms with Crippen LogP contribution in [0.1, 0.15) is 33.6 Å². The Kier molecular flexibility index (Phi) is 4.73. The Hall–Kier alpha value is -0.170. The van der Waals surface area contributed by atoms with Crippen molar-refractivity contribution >= 4 is 10.2 Å². The van der Waals surface area contributed by atoms with Gasteiger partial charge in [0.1, 0.15) is 0 Å². The summed E-state index contributed by atoms with van der Waals surface area (Å²) in [7, 11) is -1.81. The van der Waals surface area contributed by atoms with Crippen LogP contribution in [0.3, 0.4) is 0 Å². The summed E-state index contributed by atoms with van der Waals surface area (Å²) in [5.41, 5.74) is 0. The molecule has 1 rings (SSSR count). The monoisotopic (exact) mass is 250 g/mol. The van der Waals surface area contributed by atoms with Gasteiger partial charge in [-0.3, -0.25) is 0 Å². The van der Waals surface area contributed by atoms with Gasteiger partial charge in [-0.2, -0.15) is 17.4 Å². The van der Waals surface area contributed by atoms with Gasteiger partial charge in [0.05, 0.1) is 6.10 Å². The molecule has 0 unspecified atom stereocenters. The van der Waals surface area contributed by atoms with Gasteiger partial charge in [0.2, 0.25) is 0 Å². The van der Waals surface area contributed by atoms with Crippen LogP contribution < -0.4 is 4.72 Å². The molecule has 0 spiro atoms. The molecule has 0 aromatic heterocycles. The lowest BCUT2D eigenvalue weighted by atomic mass is 10.1. The van der Waals surface area contributed by atoms with E-state index in [4.69, 9.17) is 4.74 Å². The fraction of sp³-hybridized carbons (Fsp3) is 1.00. The summed E-state index contributed by atoms with van der Waals surface area (Å²) in [4.78, 5) is 0. The Labute approximate surface area is 98.3 Å². The smallest absolute Gasteiger partial charge is 0.279 e. The molecular formula is C10H22N2O3S. The van der Waals surface area contributed by atoms with Crippen molar-refractivity contribution in [3.63, 3.8) is 0 Å². The topological polar surface area (TPSA) is 58.6 Å². The van der Waals surface area contributed by atoms with Crippen molar-refractivity contribution in [1.82, 2.24) is 9.03 Å². The molecule has 1 N–H and O–H groups in total. The second-order valence-corrected chi connectivity index (χ2v) is 6.33. The van der Waals surface area contributed by atoms with Crippen molar-refractivity contribution < 1.29 is 13.2 Å². The molecule has 0 radical (unpaired) electrons. The van der Waals surface area contributed by atoms with Gasteiger partial charge < -0.3 is 4.74 Å². The first kappa shape index (κ1) is 13.9. The highest BCUT2D eigenvalue weighted by Crippen LogP contribution is 2.16. The molecule has 1 aliphatic rings. The fourth-order valence-electron chi connectivity index (χ4n) is 1.67. The van der Waals surface area contributed by atoms with Gasteiger partial charge >= 0.3 is 0 Å². The van der Waals surface area contributed by atoms with Gasteiger partial charge in [-0.05, 0) is 33.6 Å². The minimum Gasteiger partial charge on any atom is -0.377 e. The van der Waals surface area contributed by atoms with Crippen LogP contribution in [0.5, 0.6) is 0 Å². The quantitative estimate of drug-likeness (QED) is 0.782. The predicted molar refractivity (Wildman–Crippen MR) is 63.4 cm³/mol. The summed E-state index contributed by atoms with van der Waals surface area (Å²) < 4.78 is 33.2. The van der Waals surface area contributed by atoms with E-state index in [1.54, 1.807) is 7.05 Å². The molecule has 1 aliphatic heterocycles. The minimum absolute atomic E-state index is 0.00957. The zero-order valence-corrected chi connectivity index (χ0v) is 11.3. The third-order valence-corrected chi connectivity index (χ3v) is 4.81. The zero-order valence-electron chi connectivity index (χ0n) is 10.4. The van der Waals surface area contributed by atoms with E-state index in [1.165, 1.54) is 4.31 Å². The highest BCUT2D eigenvalue weighted by molar-refractivity contribution is 7.87. The van der Waals surface area contributed by atoms with E-state index in [2.05, 4.69) is 4.72 Å². The molecule has 0 aliphatic carbocycles. The third kappa shape index (κ3) is 3.41. The summed E-state index contributed by atoms with van der Waals surface area (Å²) in [5, 5.41) is 0. The van der Waals surface area contributed by atoms with Crippen molar-refractivity contribution in [2.24, 2.45) is 0 Å². The van der Waals surface area contributed by atoms with Crippen LogP contribution in [0.25, 0.3) is 0 Å². The molecule has 6 heteroatoms. The molecule has 0 amide bonds. The summed E-state index contributed by atoms with van der Waals surface area (Å²) >= 11 is 0. The molecule has 1 saturated heterocycles. The van der Waals surface area contributed by atoms with Gasteiger partial charge in [-0.25, -0.2) is 0 Å². The third-order valence-electron chi connectivity index (χ3n) is 2.96. The average molecular weight is 250 g/mol. The van der Waals surface area contributed by atoms with E-state index >= 15 is 0 Å². The van der Waals surface area contributed by atoms with E-state index < -0.39 is 10.2 Å². The summed E-state index contributed by atoms with van der Waals surface area (Å²) in [6.45, 7) is 6.27. The normalized spacial score (nSPS) is 24.2. The van der Waals surface area contributed by atoms with Gasteiger partial charge in [0, 0.05) is 25.7 Å². The van der Waals surface area contributed by atoms with Gasteiger partial charge in [-0.1, -0.05) is 0 Å². The first-order valence-electron chi connectivity index (χ1n) is 5.71. The number of hydrogen-bond donors (Lipinski definition) is 1. The lowest BCUT2D eigenvalue weighted by molar-refractivity contribution is 0.0896. The Bertz CT molecular complexity index is 310. The van der Waals surface area contributed by atoms with Crippen LogP contribution in [0, 0.1) is 0 Å². The molecule has 0 saturated carbocycles. The van der Waals surface area contributed by atoms with Crippen LogP contribution in [-0.4, -0.2) is 44.6 Å². The zero-order chi connectivity index (χ0) is 12.3. The lowest BCUT2D eigenvalue weighted by Crippen LogP contribution is -2.48. The largest absolute Gasteiger partial charge is 0.377 e. The molecule has 0 aromatic carbocycles. The van der Waals surface area contributed by atoms with Gasteiger partial charge in [-0.15, -0.1) is 0 Å². The number of ether oxygens (including phenoxy) is 1. The lowest BCUT2D eigenvalue weighted by Gasteiger charge is -2.26. The maximum Gasteiger partial charge on any atom is 0.279 e. The summed E-state index contributed by atoms with van der Waals surface area (Å²) in [6.07, 6.45) is 1.95. The highest BCUT2D eigenvalue weighted by atomic mass is 32.2. The molecular weight excluding hydrogens is 228 g/mol. The van der Waals surface area contributed by atoms with Crippen LogP contribution in [0.15, 0.2) is 0 Å². The van der Waals surface area contributed by atoms with Crippen LogP contribution >= 0.6 is 0 Å². The van der Waals surface area contributed by atoms with E-state index in [1.807, 2.05) is 20.8 Å². The van der Waals surface area contributed by atoms with Gasteiger partial charge in [0.15, 0.2) is 0 Å². The van der Waals surface area contributed by atoms with Crippen molar-refractivity contribution in [3.05, 3.63) is 0 Å². The van der Waals surface area contributed by atoms with Crippen molar-refractivity contribution in [3.8, 4) is 0 Å². The SMILES string of the molecule is CC(C)N(C)S(=O)(=O)N[C@@H](C)[C@H]1CCCO1. The summed E-state index contributed by atoms with van der Waals surface area (Å²) in [5.74, 6) is 0. The fourth-order valence-corrected chi connectivity index (χ4v) is 3.01.